The summed E-state index contributed by atoms with van der Waals surface area (Å²) < 4.78 is 35.9. The SMILES string of the molecule is CC1(CC(O)COc2ccn(-c3ccc4c(n3)N3CC(CCCNc5cccc(n5)S(=O)(=O)NC4=O)CC3(C)C)n2)CC1. The van der Waals surface area contributed by atoms with Crippen molar-refractivity contribution in [3.63, 3.8) is 0 Å². The van der Waals surface area contributed by atoms with Gasteiger partial charge in [0.1, 0.15) is 18.2 Å². The average Bonchev–Trinajstić information content (AvgIpc) is 3.35. The summed E-state index contributed by atoms with van der Waals surface area (Å²) in [5.74, 6) is 1.21. The summed E-state index contributed by atoms with van der Waals surface area (Å²) in [7, 11) is -4.25. The summed E-state index contributed by atoms with van der Waals surface area (Å²) in [6, 6.07) is 9.58. The summed E-state index contributed by atoms with van der Waals surface area (Å²) in [6.45, 7) is 7.87. The normalized spacial score (nSPS) is 22.7. The minimum absolute atomic E-state index is 0.144. The van der Waals surface area contributed by atoms with E-state index in [1.54, 1.807) is 41.2 Å². The molecule has 43 heavy (non-hydrogen) atoms. The number of amides is 1. The second kappa shape index (κ2) is 11.1. The van der Waals surface area contributed by atoms with Gasteiger partial charge in [-0.05, 0) is 88.0 Å². The fourth-order valence-electron chi connectivity index (χ4n) is 6.14. The highest BCUT2D eigenvalue weighted by Gasteiger charge is 2.41. The van der Waals surface area contributed by atoms with E-state index < -0.39 is 22.0 Å². The fourth-order valence-corrected chi connectivity index (χ4v) is 7.07. The molecule has 3 aromatic rings. The van der Waals surface area contributed by atoms with E-state index in [1.165, 1.54) is 6.07 Å². The number of carbonyl (C=O) groups is 1. The highest BCUT2D eigenvalue weighted by Crippen LogP contribution is 2.48. The van der Waals surface area contributed by atoms with Gasteiger partial charge in [-0.15, -0.1) is 5.10 Å². The van der Waals surface area contributed by atoms with Crippen LogP contribution < -0.4 is 19.7 Å². The maximum absolute atomic E-state index is 13.6. The Morgan fingerprint density at radius 2 is 1.95 bits per heavy atom. The monoisotopic (exact) mass is 609 g/mol. The summed E-state index contributed by atoms with van der Waals surface area (Å²) in [5.41, 5.74) is 0.0320. The molecule has 0 spiro atoms. The van der Waals surface area contributed by atoms with Gasteiger partial charge in [-0.3, -0.25) is 4.79 Å². The number of aromatic nitrogens is 4. The summed E-state index contributed by atoms with van der Waals surface area (Å²) >= 11 is 0. The first-order chi connectivity index (χ1) is 20.4. The van der Waals surface area contributed by atoms with Crippen LogP contribution in [0.2, 0.25) is 0 Å². The fraction of sp³-hybridized carbons (Fsp3) is 0.533. The van der Waals surface area contributed by atoms with Crippen LogP contribution in [0, 0.1) is 11.3 Å². The first-order valence-corrected chi connectivity index (χ1v) is 16.3. The number of carbonyl (C=O) groups excluding carboxylic acids is 1. The highest BCUT2D eigenvalue weighted by atomic mass is 32.2. The number of ether oxygens (including phenoxy) is 1. The molecule has 0 radical (unpaired) electrons. The van der Waals surface area contributed by atoms with Crippen LogP contribution in [0.3, 0.4) is 0 Å². The summed E-state index contributed by atoms with van der Waals surface area (Å²) in [5, 5.41) is 17.8. The average molecular weight is 610 g/mol. The van der Waals surface area contributed by atoms with Crippen molar-refractivity contribution < 1.29 is 23.1 Å². The summed E-state index contributed by atoms with van der Waals surface area (Å²) in [6.07, 6.45) is 6.82. The lowest BCUT2D eigenvalue weighted by Gasteiger charge is -2.34. The van der Waals surface area contributed by atoms with Crippen molar-refractivity contribution in [1.29, 1.82) is 0 Å². The lowest BCUT2D eigenvalue weighted by Crippen LogP contribution is -2.41. The molecule has 2 fully saturated rings. The largest absolute Gasteiger partial charge is 0.474 e. The van der Waals surface area contributed by atoms with Crippen molar-refractivity contribution in [1.82, 2.24) is 24.5 Å². The Morgan fingerprint density at radius 3 is 2.74 bits per heavy atom. The van der Waals surface area contributed by atoms with Crippen LogP contribution in [0.1, 0.15) is 69.7 Å². The topological polar surface area (TPSA) is 152 Å². The number of nitrogens with zero attached hydrogens (tertiary/aromatic N) is 5. The smallest absolute Gasteiger partial charge is 0.281 e. The second-order valence-electron chi connectivity index (χ2n) is 13.0. The molecule has 2 atom stereocenters. The zero-order chi connectivity index (χ0) is 30.4. The molecule has 1 amide bonds. The van der Waals surface area contributed by atoms with E-state index in [9.17, 15) is 18.3 Å². The van der Waals surface area contributed by atoms with Gasteiger partial charge < -0.3 is 20.1 Å². The van der Waals surface area contributed by atoms with Crippen molar-refractivity contribution in [3.05, 3.63) is 48.2 Å². The molecule has 1 aliphatic carbocycles. The Labute approximate surface area is 251 Å². The predicted octanol–water partition coefficient (Wildman–Crippen LogP) is 3.52. The molecule has 6 rings (SSSR count). The number of aliphatic hydroxyl groups excluding tert-OH is 1. The molecule has 1 saturated heterocycles. The van der Waals surface area contributed by atoms with E-state index >= 15 is 0 Å². The molecule has 230 valence electrons. The summed E-state index contributed by atoms with van der Waals surface area (Å²) in [4.78, 5) is 24.8. The van der Waals surface area contributed by atoms with E-state index in [0.717, 1.165) is 32.1 Å². The van der Waals surface area contributed by atoms with Gasteiger partial charge in [-0.1, -0.05) is 13.0 Å². The molecule has 3 aromatic heterocycles. The minimum Gasteiger partial charge on any atom is -0.474 e. The number of pyridine rings is 2. The second-order valence-corrected chi connectivity index (χ2v) is 14.6. The van der Waals surface area contributed by atoms with E-state index in [0.29, 0.717) is 48.8 Å². The number of hydrogen-bond donors (Lipinski definition) is 3. The van der Waals surface area contributed by atoms with Crippen LogP contribution >= 0.6 is 0 Å². The van der Waals surface area contributed by atoms with Crippen molar-refractivity contribution in [2.75, 3.05) is 29.9 Å². The molecule has 2 unspecified atom stereocenters. The third-order valence-corrected chi connectivity index (χ3v) is 9.93. The van der Waals surface area contributed by atoms with Gasteiger partial charge in [0.15, 0.2) is 10.8 Å². The van der Waals surface area contributed by atoms with Crippen molar-refractivity contribution >= 4 is 27.6 Å². The molecular weight excluding hydrogens is 570 g/mol. The predicted molar refractivity (Wildman–Crippen MR) is 161 cm³/mol. The standard InChI is InChI=1S/C30H39N7O5S/c1-29(2)16-20-6-5-14-31-23-7-4-8-26(32-23)43(40,41)35-28(39)22-9-10-24(33-27(22)36(29)18-20)37-15-11-25(34-37)42-19-21(38)17-30(3)12-13-30/h4,7-11,15,20-21,38H,5-6,12-14,16-19H2,1-3H3,(H,31,32)(H,35,39). The van der Waals surface area contributed by atoms with Crippen molar-refractivity contribution in [2.45, 2.75) is 76.0 Å². The van der Waals surface area contributed by atoms with Gasteiger partial charge >= 0.3 is 0 Å². The number of sulfonamides is 1. The third-order valence-electron chi connectivity index (χ3n) is 8.70. The lowest BCUT2D eigenvalue weighted by atomic mass is 9.93. The van der Waals surface area contributed by atoms with Gasteiger partial charge in [0.2, 0.25) is 5.88 Å². The van der Waals surface area contributed by atoms with Crippen molar-refractivity contribution in [2.24, 2.45) is 11.3 Å². The Hall–Kier alpha value is -3.71. The van der Waals surface area contributed by atoms with E-state index in [-0.39, 0.29) is 28.2 Å². The number of nitrogens with one attached hydrogen (secondary N) is 2. The van der Waals surface area contributed by atoms with E-state index in [2.05, 4.69) is 45.8 Å². The zero-order valence-electron chi connectivity index (χ0n) is 24.8. The molecule has 1 saturated carbocycles. The minimum atomic E-state index is -4.25. The number of hydrogen-bond acceptors (Lipinski definition) is 10. The maximum atomic E-state index is 13.6. The maximum Gasteiger partial charge on any atom is 0.281 e. The Morgan fingerprint density at radius 1 is 1.14 bits per heavy atom. The molecule has 3 aliphatic rings. The van der Waals surface area contributed by atoms with Gasteiger partial charge in [-0.25, -0.2) is 19.4 Å². The van der Waals surface area contributed by atoms with Gasteiger partial charge in [-0.2, -0.15) is 8.42 Å². The Bertz CT molecular complexity index is 1620. The Kier molecular flexibility index (Phi) is 7.57. The first kappa shape index (κ1) is 29.4. The van der Waals surface area contributed by atoms with Crippen LogP contribution in [0.4, 0.5) is 11.6 Å². The molecule has 13 heteroatoms. The first-order valence-electron chi connectivity index (χ1n) is 14.8. The van der Waals surface area contributed by atoms with Crippen LogP contribution in [0.5, 0.6) is 5.88 Å². The quantitative estimate of drug-likeness (QED) is 0.379. The van der Waals surface area contributed by atoms with Gasteiger partial charge in [0.05, 0.1) is 11.7 Å². The molecule has 5 heterocycles. The molecule has 12 nitrogen and oxygen atoms in total. The molecular formula is C30H39N7O5S. The van der Waals surface area contributed by atoms with E-state index in [1.807, 2.05) is 0 Å². The van der Waals surface area contributed by atoms with Crippen LogP contribution in [0.15, 0.2) is 47.6 Å². The van der Waals surface area contributed by atoms with Crippen molar-refractivity contribution in [3.8, 4) is 11.7 Å². The van der Waals surface area contributed by atoms with Gasteiger partial charge in [0.25, 0.3) is 15.9 Å². The highest BCUT2D eigenvalue weighted by molar-refractivity contribution is 7.90. The lowest BCUT2D eigenvalue weighted by molar-refractivity contribution is 0.0811. The molecule has 3 N–H and O–H groups in total. The number of aliphatic hydroxyl groups is 1. The number of fused-ring (bicyclic) bond motifs is 6. The molecule has 4 bridgehead atoms. The van der Waals surface area contributed by atoms with Crippen LogP contribution in [-0.4, -0.2) is 70.5 Å². The number of anilines is 2. The zero-order valence-corrected chi connectivity index (χ0v) is 25.6. The van der Waals surface area contributed by atoms with Crippen LogP contribution in [0.25, 0.3) is 5.82 Å². The number of rotatable bonds is 6. The van der Waals surface area contributed by atoms with E-state index in [4.69, 9.17) is 9.72 Å². The Balaban J connectivity index is 1.31. The third kappa shape index (κ3) is 6.47. The van der Waals surface area contributed by atoms with Gasteiger partial charge in [0, 0.05) is 30.9 Å². The molecule has 0 aromatic carbocycles. The van der Waals surface area contributed by atoms with Crippen LogP contribution in [-0.2, 0) is 10.0 Å². The molecule has 2 aliphatic heterocycles.